The zero-order valence-electron chi connectivity index (χ0n) is 17.8. The highest BCUT2D eigenvalue weighted by Gasteiger charge is 2.14. The minimum absolute atomic E-state index is 0.112. The zero-order valence-corrected chi connectivity index (χ0v) is 17.8. The topological polar surface area (TPSA) is 96.5 Å². The molecule has 0 aliphatic heterocycles. The van der Waals surface area contributed by atoms with Crippen LogP contribution in [0.25, 0.3) is 0 Å². The Morgan fingerprint density at radius 2 is 1.44 bits per heavy atom. The van der Waals surface area contributed by atoms with E-state index < -0.39 is 11.8 Å². The van der Waals surface area contributed by atoms with Crippen LogP contribution in [0.4, 0.5) is 5.69 Å². The highest BCUT2D eigenvalue weighted by atomic mass is 16.5. The molecule has 0 heterocycles. The first-order valence-corrected chi connectivity index (χ1v) is 10.3. The molecule has 3 amide bonds. The van der Waals surface area contributed by atoms with E-state index in [1.54, 1.807) is 55.5 Å². The van der Waals surface area contributed by atoms with Gasteiger partial charge in [-0.05, 0) is 42.0 Å². The van der Waals surface area contributed by atoms with Crippen molar-refractivity contribution < 1.29 is 19.1 Å². The van der Waals surface area contributed by atoms with Crippen molar-refractivity contribution in [3.8, 4) is 5.75 Å². The Morgan fingerprint density at radius 1 is 0.781 bits per heavy atom. The Kier molecular flexibility index (Phi) is 7.97. The summed E-state index contributed by atoms with van der Waals surface area (Å²) in [6.45, 7) is 2.17. The average molecular weight is 431 g/mol. The number of amides is 3. The molecule has 3 aromatic carbocycles. The smallest absolute Gasteiger partial charge is 0.273 e. The maximum atomic E-state index is 12.6. The van der Waals surface area contributed by atoms with Gasteiger partial charge < -0.3 is 10.1 Å². The van der Waals surface area contributed by atoms with Gasteiger partial charge in [-0.15, -0.1) is 0 Å². The molecule has 0 aliphatic rings. The third-order valence-electron chi connectivity index (χ3n) is 4.66. The maximum Gasteiger partial charge on any atom is 0.273 e. The lowest BCUT2D eigenvalue weighted by atomic mass is 10.1. The molecule has 0 unspecified atom stereocenters. The van der Waals surface area contributed by atoms with E-state index in [9.17, 15) is 14.4 Å². The molecule has 7 nitrogen and oxygen atoms in total. The van der Waals surface area contributed by atoms with Crippen molar-refractivity contribution in [2.24, 2.45) is 0 Å². The van der Waals surface area contributed by atoms with Crippen LogP contribution in [0.15, 0.2) is 78.9 Å². The van der Waals surface area contributed by atoms with Crippen LogP contribution in [-0.4, -0.2) is 24.3 Å². The predicted octanol–water partition coefficient (Wildman–Crippen LogP) is 3.73. The number of benzene rings is 3. The molecule has 3 aromatic rings. The van der Waals surface area contributed by atoms with Gasteiger partial charge in [0.05, 0.1) is 12.2 Å². The summed E-state index contributed by atoms with van der Waals surface area (Å²) in [7, 11) is 0. The van der Waals surface area contributed by atoms with Crippen LogP contribution in [0.1, 0.15) is 39.6 Å². The van der Waals surface area contributed by atoms with Gasteiger partial charge in [-0.25, -0.2) is 0 Å². The van der Waals surface area contributed by atoms with Crippen LogP contribution >= 0.6 is 0 Å². The molecule has 0 fully saturated rings. The molecule has 0 aromatic heterocycles. The number of carbonyl (C=O) groups excluding carboxylic acids is 3. The number of nitrogens with one attached hydrogen (secondary N) is 3. The molecule has 32 heavy (non-hydrogen) atoms. The van der Waals surface area contributed by atoms with Crippen LogP contribution in [0.3, 0.4) is 0 Å². The Labute approximate surface area is 186 Å². The van der Waals surface area contributed by atoms with Crippen molar-refractivity contribution >= 4 is 23.4 Å². The van der Waals surface area contributed by atoms with Gasteiger partial charge >= 0.3 is 0 Å². The molecule has 7 heteroatoms. The lowest BCUT2D eigenvalue weighted by molar-refractivity contribution is -0.115. The second-order valence-corrected chi connectivity index (χ2v) is 6.97. The molecular weight excluding hydrogens is 406 g/mol. The van der Waals surface area contributed by atoms with E-state index in [-0.39, 0.29) is 5.91 Å². The largest absolute Gasteiger partial charge is 0.492 e. The summed E-state index contributed by atoms with van der Waals surface area (Å²) < 4.78 is 5.80. The summed E-state index contributed by atoms with van der Waals surface area (Å²) in [5.74, 6) is -0.639. The normalized spacial score (nSPS) is 10.2. The lowest BCUT2D eigenvalue weighted by Gasteiger charge is -2.12. The molecule has 0 aliphatic carbocycles. The van der Waals surface area contributed by atoms with Gasteiger partial charge in [0.2, 0.25) is 5.91 Å². The van der Waals surface area contributed by atoms with Gasteiger partial charge in [-0.2, -0.15) is 0 Å². The third kappa shape index (κ3) is 6.43. The molecule has 0 spiro atoms. The fraction of sp³-hybridized carbons (Fsp3) is 0.160. The average Bonchev–Trinajstić information content (AvgIpc) is 2.83. The standard InChI is InChI=1S/C25H25N3O4/c1-2-23(29)26-20-14-12-19(13-15-20)24(30)27-28-25(31)21-10-6-7-11-22(21)32-17-16-18-8-4-3-5-9-18/h3-15H,2,16-17H2,1H3,(H,26,29)(H,27,30)(H,28,31). The lowest BCUT2D eigenvalue weighted by Crippen LogP contribution is -2.41. The van der Waals surface area contributed by atoms with Crippen molar-refractivity contribution in [1.82, 2.24) is 10.9 Å². The van der Waals surface area contributed by atoms with Gasteiger partial charge in [0.15, 0.2) is 0 Å². The monoisotopic (exact) mass is 431 g/mol. The molecule has 3 rings (SSSR count). The number of rotatable bonds is 8. The number of para-hydroxylation sites is 1. The molecular formula is C25H25N3O4. The molecule has 164 valence electrons. The van der Waals surface area contributed by atoms with Gasteiger partial charge in [0, 0.05) is 24.1 Å². The highest BCUT2D eigenvalue weighted by molar-refractivity contribution is 6.00. The molecule has 0 atom stereocenters. The van der Waals surface area contributed by atoms with E-state index in [1.807, 2.05) is 30.3 Å². The van der Waals surface area contributed by atoms with Crippen molar-refractivity contribution in [1.29, 1.82) is 0 Å². The van der Waals surface area contributed by atoms with Gasteiger partial charge in [-0.1, -0.05) is 49.4 Å². The van der Waals surface area contributed by atoms with Crippen LogP contribution in [0.5, 0.6) is 5.75 Å². The number of hydrazine groups is 1. The fourth-order valence-corrected chi connectivity index (χ4v) is 2.91. The van der Waals surface area contributed by atoms with E-state index in [4.69, 9.17) is 4.74 Å². The summed E-state index contributed by atoms with van der Waals surface area (Å²) in [5, 5.41) is 2.71. The summed E-state index contributed by atoms with van der Waals surface area (Å²) in [4.78, 5) is 36.4. The molecule has 3 N–H and O–H groups in total. The highest BCUT2D eigenvalue weighted by Crippen LogP contribution is 2.18. The quantitative estimate of drug-likeness (QED) is 0.474. The van der Waals surface area contributed by atoms with Crippen molar-refractivity contribution in [2.45, 2.75) is 19.8 Å². The van der Waals surface area contributed by atoms with Gasteiger partial charge in [0.1, 0.15) is 5.75 Å². The first-order valence-electron chi connectivity index (χ1n) is 10.3. The summed E-state index contributed by atoms with van der Waals surface area (Å²) in [5.41, 5.74) is 7.20. The minimum Gasteiger partial charge on any atom is -0.492 e. The fourth-order valence-electron chi connectivity index (χ4n) is 2.91. The Morgan fingerprint density at radius 3 is 2.16 bits per heavy atom. The SMILES string of the molecule is CCC(=O)Nc1ccc(C(=O)NNC(=O)c2ccccc2OCCc2ccccc2)cc1. The van der Waals surface area contributed by atoms with E-state index in [0.717, 1.165) is 5.56 Å². The van der Waals surface area contributed by atoms with Gasteiger partial charge in [-0.3, -0.25) is 25.2 Å². The van der Waals surface area contributed by atoms with Crippen LogP contribution in [0, 0.1) is 0 Å². The van der Waals surface area contributed by atoms with Gasteiger partial charge in [0.25, 0.3) is 11.8 Å². The Hall–Kier alpha value is -4.13. The molecule has 0 saturated heterocycles. The second kappa shape index (κ2) is 11.3. The third-order valence-corrected chi connectivity index (χ3v) is 4.66. The second-order valence-electron chi connectivity index (χ2n) is 6.97. The number of hydrogen-bond donors (Lipinski definition) is 3. The predicted molar refractivity (Wildman–Crippen MR) is 122 cm³/mol. The van der Waals surface area contributed by atoms with Crippen molar-refractivity contribution in [3.63, 3.8) is 0 Å². The minimum atomic E-state index is -0.486. The van der Waals surface area contributed by atoms with Crippen molar-refractivity contribution in [3.05, 3.63) is 95.6 Å². The Bertz CT molecular complexity index is 1070. The van der Waals surface area contributed by atoms with E-state index >= 15 is 0 Å². The first-order chi connectivity index (χ1) is 15.6. The number of carbonyl (C=O) groups is 3. The number of anilines is 1. The molecule has 0 saturated carbocycles. The van der Waals surface area contributed by atoms with E-state index in [1.165, 1.54) is 0 Å². The first kappa shape index (κ1) is 22.6. The summed E-state index contributed by atoms with van der Waals surface area (Å²) in [6.07, 6.45) is 1.08. The number of ether oxygens (including phenoxy) is 1. The van der Waals surface area contributed by atoms with Crippen LogP contribution in [0.2, 0.25) is 0 Å². The van der Waals surface area contributed by atoms with Crippen LogP contribution < -0.4 is 20.9 Å². The zero-order chi connectivity index (χ0) is 22.8. The van der Waals surface area contributed by atoms with Crippen LogP contribution in [-0.2, 0) is 11.2 Å². The summed E-state index contributed by atoms with van der Waals surface area (Å²) in [6, 6.07) is 23.1. The van der Waals surface area contributed by atoms with E-state index in [0.29, 0.717) is 42.0 Å². The Balaban J connectivity index is 1.54. The van der Waals surface area contributed by atoms with E-state index in [2.05, 4.69) is 16.2 Å². The molecule has 0 radical (unpaired) electrons. The van der Waals surface area contributed by atoms with Crippen molar-refractivity contribution in [2.75, 3.05) is 11.9 Å². The molecule has 0 bridgehead atoms. The number of hydrogen-bond acceptors (Lipinski definition) is 4. The maximum absolute atomic E-state index is 12.6. The summed E-state index contributed by atoms with van der Waals surface area (Å²) >= 11 is 0.